The van der Waals surface area contributed by atoms with Crippen LogP contribution in [0.4, 0.5) is 0 Å². The van der Waals surface area contributed by atoms with Gasteiger partial charge in [0.25, 0.3) is 0 Å². The molecule has 0 fully saturated rings. The topological polar surface area (TPSA) is 13.6 Å². The maximum Gasteiger partial charge on any atom is 0.161 e. The Morgan fingerprint density at radius 1 is 1.35 bits per heavy atom. The second kappa shape index (κ2) is 5.54. The first-order valence-corrected chi connectivity index (χ1v) is 6.12. The van der Waals surface area contributed by atoms with Crippen molar-refractivity contribution in [1.82, 2.24) is 0 Å². The quantitative estimate of drug-likeness (QED) is 0.707. The highest BCUT2D eigenvalue weighted by atomic mass is 16.5. The molecule has 1 aliphatic carbocycles. The molecular weight excluding hydrogens is 210 g/mol. The molecule has 0 aliphatic heterocycles. The predicted octanol–water partition coefficient (Wildman–Crippen LogP) is 4.16. The molecule has 0 heterocycles. The molecule has 0 amide bonds. The summed E-state index contributed by atoms with van der Waals surface area (Å²) in [6, 6.07) is 8.36. The maximum atomic E-state index is 6.98. The average molecular weight is 227 g/mol. The van der Waals surface area contributed by atoms with E-state index in [0.29, 0.717) is 12.5 Å². The SMILES string of the molecule is [C-]#[N+]C1=CCC(c2ccc(OCC)cc2)CC1. The smallest absolute Gasteiger partial charge is 0.161 e. The Morgan fingerprint density at radius 3 is 2.65 bits per heavy atom. The van der Waals surface area contributed by atoms with Crippen LogP contribution in [0, 0.1) is 6.57 Å². The summed E-state index contributed by atoms with van der Waals surface area (Å²) >= 11 is 0. The first-order valence-electron chi connectivity index (χ1n) is 6.12. The summed E-state index contributed by atoms with van der Waals surface area (Å²) in [5.74, 6) is 1.50. The van der Waals surface area contributed by atoms with Crippen molar-refractivity contribution < 1.29 is 4.74 Å². The monoisotopic (exact) mass is 227 g/mol. The zero-order chi connectivity index (χ0) is 12.1. The van der Waals surface area contributed by atoms with Crippen LogP contribution in [-0.4, -0.2) is 6.61 Å². The molecule has 1 aromatic rings. The first-order chi connectivity index (χ1) is 8.33. The minimum absolute atomic E-state index is 0.566. The molecule has 1 aromatic carbocycles. The van der Waals surface area contributed by atoms with E-state index < -0.39 is 0 Å². The highest BCUT2D eigenvalue weighted by Crippen LogP contribution is 2.33. The third-order valence-electron chi connectivity index (χ3n) is 3.19. The van der Waals surface area contributed by atoms with Gasteiger partial charge in [-0.3, -0.25) is 0 Å². The number of nitrogens with zero attached hydrogens (tertiary/aromatic N) is 1. The van der Waals surface area contributed by atoms with Gasteiger partial charge in [-0.25, -0.2) is 4.85 Å². The predicted molar refractivity (Wildman–Crippen MR) is 68.9 cm³/mol. The van der Waals surface area contributed by atoms with E-state index >= 15 is 0 Å². The van der Waals surface area contributed by atoms with Gasteiger partial charge in [0.05, 0.1) is 13.2 Å². The van der Waals surface area contributed by atoms with Crippen molar-refractivity contribution in [3.05, 3.63) is 53.0 Å². The fourth-order valence-corrected chi connectivity index (χ4v) is 2.23. The molecule has 1 atom stereocenters. The largest absolute Gasteiger partial charge is 0.494 e. The Morgan fingerprint density at radius 2 is 2.12 bits per heavy atom. The van der Waals surface area contributed by atoms with E-state index in [1.54, 1.807) is 0 Å². The third kappa shape index (κ3) is 2.88. The number of hydrogen-bond donors (Lipinski definition) is 0. The number of benzene rings is 1. The van der Waals surface area contributed by atoms with Crippen molar-refractivity contribution in [1.29, 1.82) is 0 Å². The Bertz CT molecular complexity index is 439. The van der Waals surface area contributed by atoms with E-state index in [2.05, 4.69) is 23.1 Å². The lowest BCUT2D eigenvalue weighted by molar-refractivity contribution is 0.340. The summed E-state index contributed by atoms with van der Waals surface area (Å²) in [5.41, 5.74) is 2.28. The van der Waals surface area contributed by atoms with Crippen molar-refractivity contribution in [2.24, 2.45) is 0 Å². The van der Waals surface area contributed by atoms with Crippen LogP contribution in [0.2, 0.25) is 0 Å². The van der Waals surface area contributed by atoms with Crippen LogP contribution in [0.25, 0.3) is 4.85 Å². The zero-order valence-corrected chi connectivity index (χ0v) is 10.1. The van der Waals surface area contributed by atoms with Gasteiger partial charge in [0, 0.05) is 0 Å². The molecule has 17 heavy (non-hydrogen) atoms. The second-order valence-electron chi connectivity index (χ2n) is 4.28. The van der Waals surface area contributed by atoms with Gasteiger partial charge in [0.15, 0.2) is 5.70 Å². The normalized spacial score (nSPS) is 19.3. The summed E-state index contributed by atoms with van der Waals surface area (Å²) in [4.78, 5) is 3.51. The van der Waals surface area contributed by atoms with Gasteiger partial charge in [-0.2, -0.15) is 0 Å². The Labute approximate surface area is 103 Å². The standard InChI is InChI=1S/C15H17NO/c1-3-17-15-10-6-13(7-11-15)12-4-8-14(16-2)9-5-12/h6-8,10-12H,3-5,9H2,1H3. The Kier molecular flexibility index (Phi) is 3.82. The molecule has 0 aromatic heterocycles. The molecule has 2 heteroatoms. The van der Waals surface area contributed by atoms with E-state index in [1.165, 1.54) is 5.56 Å². The average Bonchev–Trinajstić information content (AvgIpc) is 2.40. The number of rotatable bonds is 3. The van der Waals surface area contributed by atoms with Gasteiger partial charge in [-0.1, -0.05) is 24.6 Å². The van der Waals surface area contributed by atoms with E-state index in [9.17, 15) is 0 Å². The van der Waals surface area contributed by atoms with E-state index in [4.69, 9.17) is 11.3 Å². The highest BCUT2D eigenvalue weighted by molar-refractivity contribution is 5.31. The van der Waals surface area contributed by atoms with Gasteiger partial charge in [-0.15, -0.1) is 0 Å². The van der Waals surface area contributed by atoms with Crippen molar-refractivity contribution in [3.8, 4) is 5.75 Å². The molecule has 1 unspecified atom stereocenters. The van der Waals surface area contributed by atoms with Crippen LogP contribution in [0.5, 0.6) is 5.75 Å². The molecule has 0 saturated carbocycles. The van der Waals surface area contributed by atoms with Crippen LogP contribution in [-0.2, 0) is 0 Å². The van der Waals surface area contributed by atoms with Gasteiger partial charge in [-0.05, 0) is 43.4 Å². The minimum Gasteiger partial charge on any atom is -0.494 e. The van der Waals surface area contributed by atoms with Crippen LogP contribution >= 0.6 is 0 Å². The lowest BCUT2D eigenvalue weighted by atomic mass is 9.87. The molecule has 2 nitrogen and oxygen atoms in total. The van der Waals surface area contributed by atoms with Gasteiger partial charge in [0.1, 0.15) is 5.75 Å². The highest BCUT2D eigenvalue weighted by Gasteiger charge is 2.16. The van der Waals surface area contributed by atoms with Crippen molar-refractivity contribution in [3.63, 3.8) is 0 Å². The Hall–Kier alpha value is -1.75. The van der Waals surface area contributed by atoms with E-state index in [1.807, 2.05) is 19.1 Å². The summed E-state index contributed by atoms with van der Waals surface area (Å²) in [5, 5.41) is 0. The van der Waals surface area contributed by atoms with Gasteiger partial charge in [0.2, 0.25) is 0 Å². The Balaban J connectivity index is 2.04. The number of ether oxygens (including phenoxy) is 1. The molecule has 2 rings (SSSR count). The van der Waals surface area contributed by atoms with E-state index in [-0.39, 0.29) is 0 Å². The molecular formula is C15H17NO. The maximum absolute atomic E-state index is 6.98. The molecule has 0 radical (unpaired) electrons. The van der Waals surface area contributed by atoms with Gasteiger partial charge < -0.3 is 4.74 Å². The van der Waals surface area contributed by atoms with E-state index in [0.717, 1.165) is 30.7 Å². The summed E-state index contributed by atoms with van der Waals surface area (Å²) < 4.78 is 5.43. The van der Waals surface area contributed by atoms with Crippen molar-refractivity contribution >= 4 is 0 Å². The molecule has 0 bridgehead atoms. The number of hydrogen-bond acceptors (Lipinski definition) is 1. The lowest BCUT2D eigenvalue weighted by Crippen LogP contribution is -2.03. The van der Waals surface area contributed by atoms with Crippen LogP contribution in [0.3, 0.4) is 0 Å². The second-order valence-corrected chi connectivity index (χ2v) is 4.28. The molecule has 0 spiro atoms. The fourth-order valence-electron chi connectivity index (χ4n) is 2.23. The van der Waals surface area contributed by atoms with Crippen molar-refractivity contribution in [2.45, 2.75) is 32.1 Å². The molecule has 88 valence electrons. The van der Waals surface area contributed by atoms with Gasteiger partial charge >= 0.3 is 0 Å². The molecule has 0 saturated heterocycles. The molecule has 1 aliphatic rings. The zero-order valence-electron chi connectivity index (χ0n) is 10.1. The number of allylic oxidation sites excluding steroid dienone is 2. The first kappa shape index (κ1) is 11.7. The molecule has 0 N–H and O–H groups in total. The van der Waals surface area contributed by atoms with Crippen LogP contribution < -0.4 is 4.74 Å². The minimum atomic E-state index is 0.566. The fraction of sp³-hybridized carbons (Fsp3) is 0.400. The van der Waals surface area contributed by atoms with Crippen molar-refractivity contribution in [2.75, 3.05) is 6.61 Å². The van der Waals surface area contributed by atoms with Crippen LogP contribution in [0.15, 0.2) is 36.0 Å². The third-order valence-corrected chi connectivity index (χ3v) is 3.19. The van der Waals surface area contributed by atoms with Crippen LogP contribution in [0.1, 0.15) is 37.7 Å². The summed E-state index contributed by atoms with van der Waals surface area (Å²) in [6.45, 7) is 9.68. The summed E-state index contributed by atoms with van der Waals surface area (Å²) in [7, 11) is 0. The lowest BCUT2D eigenvalue weighted by Gasteiger charge is -2.20. The summed E-state index contributed by atoms with van der Waals surface area (Å²) in [6.07, 6.45) is 5.08.